The number of hydrogen-bond donors (Lipinski definition) is 1. The van der Waals surface area contributed by atoms with Crippen molar-refractivity contribution in [1.82, 2.24) is 20.2 Å². The standard InChI is InChI=1S/C23H24ClN5O5S/c1-5-29-22(16-6-8-17(24)9-7-16)27-28-23(29)35-13-20(31)26-25-12-15-10-18(32-3)21(34-14(2)30)19(11-15)33-4/h6-12H,5,13H2,1-4H3,(H,26,31). The van der Waals surface area contributed by atoms with Gasteiger partial charge in [0.25, 0.3) is 5.91 Å². The lowest BCUT2D eigenvalue weighted by Gasteiger charge is -2.13. The fourth-order valence-electron chi connectivity index (χ4n) is 3.05. The summed E-state index contributed by atoms with van der Waals surface area (Å²) >= 11 is 7.22. The molecule has 10 nitrogen and oxygen atoms in total. The molecular weight excluding hydrogens is 494 g/mol. The Labute approximate surface area is 211 Å². The van der Waals surface area contributed by atoms with Gasteiger partial charge in [0.05, 0.1) is 26.2 Å². The average molecular weight is 518 g/mol. The van der Waals surface area contributed by atoms with Crippen molar-refractivity contribution in [3.05, 3.63) is 47.0 Å². The topological polar surface area (TPSA) is 117 Å². The molecule has 0 atom stereocenters. The fourth-order valence-corrected chi connectivity index (χ4v) is 3.97. The molecule has 1 N–H and O–H groups in total. The van der Waals surface area contributed by atoms with Gasteiger partial charge >= 0.3 is 5.97 Å². The minimum Gasteiger partial charge on any atom is -0.493 e. The van der Waals surface area contributed by atoms with Crippen molar-refractivity contribution >= 4 is 41.5 Å². The van der Waals surface area contributed by atoms with E-state index in [1.165, 1.54) is 39.1 Å². The van der Waals surface area contributed by atoms with Crippen molar-refractivity contribution in [1.29, 1.82) is 0 Å². The highest BCUT2D eigenvalue weighted by Crippen LogP contribution is 2.38. The van der Waals surface area contributed by atoms with Gasteiger partial charge in [0.15, 0.2) is 22.5 Å². The number of methoxy groups -OCH3 is 2. The molecule has 0 spiro atoms. The van der Waals surface area contributed by atoms with Crippen LogP contribution in [0.2, 0.25) is 5.02 Å². The first kappa shape index (κ1) is 26.0. The molecule has 0 saturated carbocycles. The number of esters is 1. The van der Waals surface area contributed by atoms with Crippen molar-refractivity contribution in [2.75, 3.05) is 20.0 Å². The molecule has 0 fully saturated rings. The molecule has 12 heteroatoms. The van der Waals surface area contributed by atoms with Gasteiger partial charge in [-0.3, -0.25) is 9.59 Å². The zero-order valence-corrected chi connectivity index (χ0v) is 21.1. The molecule has 0 saturated heterocycles. The summed E-state index contributed by atoms with van der Waals surface area (Å²) in [7, 11) is 2.88. The molecule has 0 unspecified atom stereocenters. The van der Waals surface area contributed by atoms with Gasteiger partial charge in [0.1, 0.15) is 0 Å². The van der Waals surface area contributed by atoms with Gasteiger partial charge in [-0.25, -0.2) is 5.43 Å². The monoisotopic (exact) mass is 517 g/mol. The third-order valence-corrected chi connectivity index (χ3v) is 5.82. The van der Waals surface area contributed by atoms with Crippen molar-refractivity contribution < 1.29 is 23.8 Å². The molecular formula is C23H24ClN5O5S. The van der Waals surface area contributed by atoms with Gasteiger partial charge in [-0.1, -0.05) is 23.4 Å². The van der Waals surface area contributed by atoms with Gasteiger partial charge in [-0.05, 0) is 43.3 Å². The molecule has 1 aromatic heterocycles. The summed E-state index contributed by atoms with van der Waals surface area (Å²) in [6.07, 6.45) is 1.43. The molecule has 3 rings (SSSR count). The van der Waals surface area contributed by atoms with Crippen molar-refractivity contribution in [3.63, 3.8) is 0 Å². The Morgan fingerprint density at radius 3 is 2.37 bits per heavy atom. The average Bonchev–Trinajstić information content (AvgIpc) is 3.26. The van der Waals surface area contributed by atoms with Crippen LogP contribution < -0.4 is 19.6 Å². The van der Waals surface area contributed by atoms with Crippen LogP contribution in [0, 0.1) is 0 Å². The Bertz CT molecular complexity index is 1200. The molecule has 184 valence electrons. The number of thioether (sulfide) groups is 1. The number of rotatable bonds is 10. The van der Waals surface area contributed by atoms with E-state index >= 15 is 0 Å². The lowest BCUT2D eigenvalue weighted by atomic mass is 10.2. The third-order valence-electron chi connectivity index (χ3n) is 4.60. The lowest BCUT2D eigenvalue weighted by Crippen LogP contribution is -2.20. The summed E-state index contributed by atoms with van der Waals surface area (Å²) in [5.41, 5.74) is 3.93. The van der Waals surface area contributed by atoms with Gasteiger partial charge in [-0.15, -0.1) is 10.2 Å². The maximum Gasteiger partial charge on any atom is 0.308 e. The number of halogens is 1. The Morgan fingerprint density at radius 1 is 1.14 bits per heavy atom. The van der Waals surface area contributed by atoms with Crippen molar-refractivity contribution in [2.24, 2.45) is 5.10 Å². The van der Waals surface area contributed by atoms with E-state index in [0.717, 1.165) is 5.56 Å². The van der Waals surface area contributed by atoms with Gasteiger partial charge < -0.3 is 18.8 Å². The first-order chi connectivity index (χ1) is 16.9. The number of benzene rings is 2. The largest absolute Gasteiger partial charge is 0.493 e. The summed E-state index contributed by atoms with van der Waals surface area (Å²) < 4.78 is 17.6. The Hall–Kier alpha value is -3.57. The molecule has 1 heterocycles. The molecule has 0 aliphatic carbocycles. The van der Waals surface area contributed by atoms with Gasteiger partial charge in [0.2, 0.25) is 5.75 Å². The minimum atomic E-state index is -0.507. The number of nitrogens with zero attached hydrogens (tertiary/aromatic N) is 4. The fraction of sp³-hybridized carbons (Fsp3) is 0.261. The second kappa shape index (κ2) is 12.2. The lowest BCUT2D eigenvalue weighted by molar-refractivity contribution is -0.132. The van der Waals surface area contributed by atoms with E-state index < -0.39 is 5.97 Å². The zero-order chi connectivity index (χ0) is 25.4. The van der Waals surface area contributed by atoms with E-state index in [0.29, 0.717) is 39.6 Å². The molecule has 0 radical (unpaired) electrons. The molecule has 0 aliphatic heterocycles. The molecule has 2 aromatic carbocycles. The van der Waals surface area contributed by atoms with Crippen molar-refractivity contribution in [2.45, 2.75) is 25.5 Å². The maximum atomic E-state index is 12.3. The third kappa shape index (κ3) is 6.74. The van der Waals surface area contributed by atoms with Crippen LogP contribution in [0.1, 0.15) is 19.4 Å². The normalized spacial score (nSPS) is 10.9. The van der Waals surface area contributed by atoms with Crippen LogP contribution in [0.4, 0.5) is 0 Å². The van der Waals surface area contributed by atoms with E-state index in [1.54, 1.807) is 24.3 Å². The maximum absolute atomic E-state index is 12.3. The van der Waals surface area contributed by atoms with Gasteiger partial charge in [0, 0.05) is 29.6 Å². The van der Waals surface area contributed by atoms with Crippen LogP contribution in [0.15, 0.2) is 46.7 Å². The number of ether oxygens (including phenoxy) is 3. The summed E-state index contributed by atoms with van der Waals surface area (Å²) in [5, 5.41) is 13.7. The second-order valence-electron chi connectivity index (χ2n) is 6.99. The number of carbonyl (C=O) groups excluding carboxylic acids is 2. The summed E-state index contributed by atoms with van der Waals surface area (Å²) in [6.45, 7) is 3.90. The zero-order valence-electron chi connectivity index (χ0n) is 19.6. The number of nitrogens with one attached hydrogen (secondary N) is 1. The van der Waals surface area contributed by atoms with E-state index in [4.69, 9.17) is 25.8 Å². The molecule has 3 aromatic rings. The quantitative estimate of drug-likeness (QED) is 0.142. The molecule has 35 heavy (non-hydrogen) atoms. The minimum absolute atomic E-state index is 0.0914. The molecule has 0 aliphatic rings. The van der Waals surface area contributed by atoms with Crippen LogP contribution in [-0.2, 0) is 16.1 Å². The SMILES string of the molecule is CCn1c(SCC(=O)NN=Cc2cc(OC)c(OC(C)=O)c(OC)c2)nnc1-c1ccc(Cl)cc1. The van der Waals surface area contributed by atoms with Gasteiger partial charge in [-0.2, -0.15) is 5.10 Å². The first-order valence-electron chi connectivity index (χ1n) is 10.4. The predicted octanol–water partition coefficient (Wildman–Crippen LogP) is 3.80. The summed E-state index contributed by atoms with van der Waals surface area (Å²) in [6, 6.07) is 10.5. The van der Waals surface area contributed by atoms with E-state index in [9.17, 15) is 9.59 Å². The Kier molecular flexibility index (Phi) is 9.10. The van der Waals surface area contributed by atoms with E-state index in [-0.39, 0.29) is 17.4 Å². The number of aromatic nitrogens is 3. The highest BCUT2D eigenvalue weighted by atomic mass is 35.5. The number of hydrogen-bond acceptors (Lipinski definition) is 9. The van der Waals surface area contributed by atoms with E-state index in [2.05, 4.69) is 20.7 Å². The highest BCUT2D eigenvalue weighted by molar-refractivity contribution is 7.99. The number of hydrazone groups is 1. The number of carbonyl (C=O) groups is 2. The smallest absolute Gasteiger partial charge is 0.308 e. The van der Waals surface area contributed by atoms with Crippen LogP contribution in [0.25, 0.3) is 11.4 Å². The van der Waals surface area contributed by atoms with Crippen LogP contribution >= 0.6 is 23.4 Å². The van der Waals surface area contributed by atoms with Crippen molar-refractivity contribution in [3.8, 4) is 28.6 Å². The molecule has 1 amide bonds. The predicted molar refractivity (Wildman–Crippen MR) is 133 cm³/mol. The number of amides is 1. The second-order valence-corrected chi connectivity index (χ2v) is 8.37. The summed E-state index contributed by atoms with van der Waals surface area (Å²) in [4.78, 5) is 23.7. The Balaban J connectivity index is 1.63. The van der Waals surface area contributed by atoms with E-state index in [1.807, 2.05) is 23.6 Å². The van der Waals surface area contributed by atoms with Crippen LogP contribution in [0.5, 0.6) is 17.2 Å². The highest BCUT2D eigenvalue weighted by Gasteiger charge is 2.16. The Morgan fingerprint density at radius 2 is 1.80 bits per heavy atom. The molecule has 0 bridgehead atoms. The van der Waals surface area contributed by atoms with Crippen LogP contribution in [0.3, 0.4) is 0 Å². The first-order valence-corrected chi connectivity index (χ1v) is 11.8. The summed E-state index contributed by atoms with van der Waals surface area (Å²) in [5.74, 6) is 0.709. The van der Waals surface area contributed by atoms with Crippen LogP contribution in [-0.4, -0.2) is 52.8 Å².